The van der Waals surface area contributed by atoms with Crippen LogP contribution in [0.15, 0.2) is 72.9 Å². The minimum atomic E-state index is -0.576. The van der Waals surface area contributed by atoms with Gasteiger partial charge in [-0.2, -0.15) is 0 Å². The molecule has 3 amide bonds. The number of nitrogens with one attached hydrogen (secondary N) is 2. The van der Waals surface area contributed by atoms with Crippen molar-refractivity contribution < 1.29 is 14.3 Å². The van der Waals surface area contributed by atoms with E-state index in [2.05, 4.69) is 20.8 Å². The molecule has 9 heteroatoms. The van der Waals surface area contributed by atoms with E-state index in [1.54, 1.807) is 48.5 Å². The Hall–Kier alpha value is -4.40. The number of hydrogen-bond acceptors (Lipinski definition) is 5. The highest BCUT2D eigenvalue weighted by atomic mass is 16.5. The molecule has 4 aromatic rings. The summed E-state index contributed by atoms with van der Waals surface area (Å²) < 4.78 is 7.71. The van der Waals surface area contributed by atoms with Crippen molar-refractivity contribution in [2.24, 2.45) is 5.73 Å². The van der Waals surface area contributed by atoms with Crippen LogP contribution in [0.3, 0.4) is 0 Å². The van der Waals surface area contributed by atoms with Gasteiger partial charge in [0.2, 0.25) is 0 Å². The molecule has 0 saturated heterocycles. The molecule has 0 bridgehead atoms. The second kappa shape index (κ2) is 9.61. The van der Waals surface area contributed by atoms with Gasteiger partial charge < -0.3 is 21.1 Å². The fourth-order valence-electron chi connectivity index (χ4n) is 3.21. The number of carbonyl (C=O) groups excluding carboxylic acids is 2. The number of fused-ring (bicyclic) bond motifs is 1. The summed E-state index contributed by atoms with van der Waals surface area (Å²) in [5, 5.41) is 13.9. The van der Waals surface area contributed by atoms with Crippen molar-refractivity contribution in [1.82, 2.24) is 19.9 Å². The van der Waals surface area contributed by atoms with Crippen molar-refractivity contribution in [1.29, 1.82) is 0 Å². The molecular weight excluding hydrogens is 408 g/mol. The van der Waals surface area contributed by atoms with Crippen LogP contribution in [0, 0.1) is 0 Å². The third-order valence-electron chi connectivity index (χ3n) is 4.72. The highest BCUT2D eigenvalue weighted by Gasteiger charge is 2.10. The summed E-state index contributed by atoms with van der Waals surface area (Å²) >= 11 is 0. The van der Waals surface area contributed by atoms with Crippen molar-refractivity contribution >= 4 is 23.3 Å². The van der Waals surface area contributed by atoms with Crippen LogP contribution in [0.2, 0.25) is 0 Å². The number of urea groups is 1. The highest BCUT2D eigenvalue weighted by molar-refractivity contribution is 5.95. The average molecular weight is 430 g/mol. The molecule has 0 aliphatic carbocycles. The first-order valence-corrected chi connectivity index (χ1v) is 10.1. The first kappa shape index (κ1) is 20.9. The Morgan fingerprint density at radius 3 is 2.72 bits per heavy atom. The third kappa shape index (κ3) is 5.01. The standard InChI is InChI=1S/C23H22N6O3/c24-22(30)18-9-1-2-10-19(18)32-17-8-5-7-16(15-17)26-23(31)25-13-6-12-21-28-27-20-11-3-4-14-29(20)21/h1-5,7-11,14-15H,6,12-13H2,(H2,24,30)(H2,25,26,31). The van der Waals surface area contributed by atoms with Crippen LogP contribution in [-0.4, -0.2) is 33.1 Å². The maximum absolute atomic E-state index is 12.2. The molecule has 9 nitrogen and oxygen atoms in total. The minimum Gasteiger partial charge on any atom is -0.456 e. The Balaban J connectivity index is 1.29. The number of amides is 3. The molecule has 0 spiro atoms. The topological polar surface area (TPSA) is 124 Å². The molecule has 162 valence electrons. The van der Waals surface area contributed by atoms with Crippen molar-refractivity contribution in [3.05, 3.63) is 84.3 Å². The molecule has 2 aromatic heterocycles. The molecule has 0 radical (unpaired) electrons. The van der Waals surface area contributed by atoms with Gasteiger partial charge in [-0.15, -0.1) is 10.2 Å². The molecule has 32 heavy (non-hydrogen) atoms. The normalized spacial score (nSPS) is 10.6. The Labute approximate surface area is 184 Å². The van der Waals surface area contributed by atoms with Crippen LogP contribution in [0.4, 0.5) is 10.5 Å². The maximum Gasteiger partial charge on any atom is 0.319 e. The number of benzene rings is 2. The van der Waals surface area contributed by atoms with Gasteiger partial charge in [0.25, 0.3) is 5.91 Å². The highest BCUT2D eigenvalue weighted by Crippen LogP contribution is 2.27. The van der Waals surface area contributed by atoms with E-state index in [9.17, 15) is 9.59 Å². The molecule has 0 fully saturated rings. The van der Waals surface area contributed by atoms with Gasteiger partial charge in [-0.05, 0) is 42.8 Å². The molecule has 0 unspecified atom stereocenters. The Bertz CT molecular complexity index is 1250. The number of aryl methyl sites for hydroxylation is 1. The monoisotopic (exact) mass is 430 g/mol. The molecule has 0 aliphatic rings. The molecule has 2 heterocycles. The van der Waals surface area contributed by atoms with Gasteiger partial charge in [0.15, 0.2) is 5.65 Å². The summed E-state index contributed by atoms with van der Waals surface area (Å²) in [5.41, 5.74) is 7.02. The molecule has 4 N–H and O–H groups in total. The zero-order valence-electron chi connectivity index (χ0n) is 17.2. The number of hydrogen-bond donors (Lipinski definition) is 3. The molecule has 4 rings (SSSR count). The van der Waals surface area contributed by atoms with E-state index < -0.39 is 5.91 Å². The van der Waals surface area contributed by atoms with Crippen LogP contribution in [0.5, 0.6) is 11.5 Å². The van der Waals surface area contributed by atoms with E-state index in [0.717, 1.165) is 17.9 Å². The van der Waals surface area contributed by atoms with Gasteiger partial charge >= 0.3 is 6.03 Å². The van der Waals surface area contributed by atoms with Crippen molar-refractivity contribution in [2.75, 3.05) is 11.9 Å². The van der Waals surface area contributed by atoms with E-state index in [-0.39, 0.29) is 11.6 Å². The van der Waals surface area contributed by atoms with E-state index in [1.165, 1.54) is 0 Å². The number of pyridine rings is 1. The number of nitrogens with two attached hydrogens (primary N) is 1. The predicted octanol–water partition coefficient (Wildman–Crippen LogP) is 3.37. The lowest BCUT2D eigenvalue weighted by atomic mass is 10.2. The van der Waals surface area contributed by atoms with Crippen LogP contribution >= 0.6 is 0 Å². The Kier molecular flexibility index (Phi) is 6.26. The summed E-state index contributed by atoms with van der Waals surface area (Å²) in [5.74, 6) is 1.09. The van der Waals surface area contributed by atoms with Gasteiger partial charge in [0.05, 0.1) is 5.56 Å². The Morgan fingerprint density at radius 1 is 1.00 bits per heavy atom. The van der Waals surface area contributed by atoms with Gasteiger partial charge in [-0.3, -0.25) is 9.20 Å². The van der Waals surface area contributed by atoms with Gasteiger partial charge in [-0.1, -0.05) is 24.3 Å². The Morgan fingerprint density at radius 2 is 1.84 bits per heavy atom. The van der Waals surface area contributed by atoms with Gasteiger partial charge in [-0.25, -0.2) is 4.79 Å². The first-order chi connectivity index (χ1) is 15.6. The maximum atomic E-state index is 12.2. The smallest absolute Gasteiger partial charge is 0.319 e. The van der Waals surface area contributed by atoms with Crippen molar-refractivity contribution in [3.63, 3.8) is 0 Å². The van der Waals surface area contributed by atoms with E-state index >= 15 is 0 Å². The SMILES string of the molecule is NC(=O)c1ccccc1Oc1cccc(NC(=O)NCCCc2nnc3ccccn23)c1. The summed E-state index contributed by atoms with van der Waals surface area (Å²) in [7, 11) is 0. The quantitative estimate of drug-likeness (QED) is 0.370. The average Bonchev–Trinajstić information content (AvgIpc) is 3.20. The van der Waals surface area contributed by atoms with E-state index in [4.69, 9.17) is 10.5 Å². The molecular formula is C23H22N6O3. The van der Waals surface area contributed by atoms with Crippen LogP contribution in [0.25, 0.3) is 5.65 Å². The molecule has 0 saturated carbocycles. The molecule has 0 aliphatic heterocycles. The summed E-state index contributed by atoms with van der Waals surface area (Å²) in [6.07, 6.45) is 3.33. The number of anilines is 1. The number of rotatable bonds is 8. The lowest BCUT2D eigenvalue weighted by molar-refractivity contribution is 0.0998. The number of aromatic nitrogens is 3. The second-order valence-corrected chi connectivity index (χ2v) is 7.02. The van der Waals surface area contributed by atoms with Crippen molar-refractivity contribution in [2.45, 2.75) is 12.8 Å². The second-order valence-electron chi connectivity index (χ2n) is 7.02. The molecule has 0 atom stereocenters. The lowest BCUT2D eigenvalue weighted by Gasteiger charge is -2.11. The van der Waals surface area contributed by atoms with Gasteiger partial charge in [0, 0.05) is 30.9 Å². The van der Waals surface area contributed by atoms with Crippen LogP contribution < -0.4 is 21.1 Å². The van der Waals surface area contributed by atoms with E-state index in [1.807, 2.05) is 28.8 Å². The largest absolute Gasteiger partial charge is 0.456 e. The predicted molar refractivity (Wildman–Crippen MR) is 120 cm³/mol. The number of primary amides is 1. The zero-order chi connectivity index (χ0) is 22.3. The van der Waals surface area contributed by atoms with Crippen molar-refractivity contribution in [3.8, 4) is 11.5 Å². The van der Waals surface area contributed by atoms with E-state index in [0.29, 0.717) is 30.2 Å². The molecule has 2 aromatic carbocycles. The van der Waals surface area contributed by atoms with Crippen LogP contribution in [0.1, 0.15) is 22.6 Å². The summed E-state index contributed by atoms with van der Waals surface area (Å²) in [4.78, 5) is 23.8. The summed E-state index contributed by atoms with van der Waals surface area (Å²) in [6.45, 7) is 0.482. The van der Waals surface area contributed by atoms with Crippen LogP contribution in [-0.2, 0) is 6.42 Å². The number of nitrogens with zero attached hydrogens (tertiary/aromatic N) is 3. The third-order valence-corrected chi connectivity index (χ3v) is 4.72. The fraction of sp³-hybridized carbons (Fsp3) is 0.130. The zero-order valence-corrected chi connectivity index (χ0v) is 17.2. The number of para-hydroxylation sites is 1. The lowest BCUT2D eigenvalue weighted by Crippen LogP contribution is -2.29. The number of carbonyl (C=O) groups is 2. The minimum absolute atomic E-state index is 0.282. The first-order valence-electron chi connectivity index (χ1n) is 10.1. The van der Waals surface area contributed by atoms with Gasteiger partial charge in [0.1, 0.15) is 17.3 Å². The number of ether oxygens (including phenoxy) is 1. The fourth-order valence-corrected chi connectivity index (χ4v) is 3.21. The summed E-state index contributed by atoms with van der Waals surface area (Å²) in [6, 6.07) is 19.0.